The molecule has 2 unspecified atom stereocenters. The molecule has 1 aliphatic carbocycles. The van der Waals surface area contributed by atoms with Crippen LogP contribution in [0, 0.1) is 29.1 Å². The van der Waals surface area contributed by atoms with Gasteiger partial charge in [0, 0.05) is 17.9 Å². The lowest BCUT2D eigenvalue weighted by Crippen LogP contribution is -2.40. The highest BCUT2D eigenvalue weighted by Crippen LogP contribution is 2.36. The van der Waals surface area contributed by atoms with Gasteiger partial charge in [0.25, 0.3) is 0 Å². The Balaban J connectivity index is 1.67. The van der Waals surface area contributed by atoms with Crippen LogP contribution in [0.25, 0.3) is 0 Å². The minimum Gasteiger partial charge on any atom is -0.396 e. The molecule has 130 valence electrons. The van der Waals surface area contributed by atoms with E-state index in [0.29, 0.717) is 18.4 Å². The van der Waals surface area contributed by atoms with Crippen LogP contribution in [0.4, 0.5) is 0 Å². The SMILES string of the molecule is CC(CCC(C)C1OCC(C)(C)CO1)C1CCC(CO)CC1. The molecular weight excluding hydrogens is 276 g/mol. The van der Waals surface area contributed by atoms with Gasteiger partial charge in [-0.1, -0.05) is 34.1 Å². The quantitative estimate of drug-likeness (QED) is 0.797. The minimum atomic E-state index is -0.00894. The van der Waals surface area contributed by atoms with Crippen LogP contribution < -0.4 is 0 Å². The Hall–Kier alpha value is -0.120. The van der Waals surface area contributed by atoms with Crippen molar-refractivity contribution in [2.45, 2.75) is 72.5 Å². The van der Waals surface area contributed by atoms with Crippen molar-refractivity contribution in [3.05, 3.63) is 0 Å². The van der Waals surface area contributed by atoms with E-state index in [0.717, 1.165) is 25.0 Å². The van der Waals surface area contributed by atoms with Gasteiger partial charge < -0.3 is 14.6 Å². The summed E-state index contributed by atoms with van der Waals surface area (Å²) in [5, 5.41) is 9.25. The largest absolute Gasteiger partial charge is 0.396 e. The number of aliphatic hydroxyl groups is 1. The molecule has 0 amide bonds. The standard InChI is InChI=1S/C19H36O3/c1-14(17-9-7-16(11-20)8-10-17)5-6-15(2)18-21-12-19(3,4)13-22-18/h14-18,20H,5-13H2,1-4H3. The average Bonchev–Trinajstić information content (AvgIpc) is 2.52. The number of rotatable bonds is 6. The molecule has 1 N–H and O–H groups in total. The van der Waals surface area contributed by atoms with Gasteiger partial charge in [-0.3, -0.25) is 0 Å². The lowest BCUT2D eigenvalue weighted by atomic mass is 9.75. The van der Waals surface area contributed by atoms with Crippen molar-refractivity contribution in [2.75, 3.05) is 19.8 Å². The summed E-state index contributed by atoms with van der Waals surface area (Å²) in [6, 6.07) is 0. The first-order chi connectivity index (χ1) is 10.4. The summed E-state index contributed by atoms with van der Waals surface area (Å²) in [4.78, 5) is 0. The van der Waals surface area contributed by atoms with E-state index in [1.807, 2.05) is 0 Å². The minimum absolute atomic E-state index is 0.00894. The second-order valence-electron chi connectivity index (χ2n) is 8.65. The first kappa shape index (κ1) is 18.2. The fourth-order valence-electron chi connectivity index (χ4n) is 3.87. The molecule has 0 radical (unpaired) electrons. The molecule has 2 atom stereocenters. The van der Waals surface area contributed by atoms with Crippen LogP contribution in [-0.2, 0) is 9.47 Å². The Kier molecular flexibility index (Phi) is 6.73. The van der Waals surface area contributed by atoms with Gasteiger partial charge in [0.05, 0.1) is 13.2 Å². The van der Waals surface area contributed by atoms with Crippen molar-refractivity contribution in [1.82, 2.24) is 0 Å². The third-order valence-electron chi connectivity index (χ3n) is 5.77. The van der Waals surface area contributed by atoms with Crippen LogP contribution in [0.2, 0.25) is 0 Å². The number of aliphatic hydroxyl groups excluding tert-OH is 1. The molecule has 1 heterocycles. The highest BCUT2D eigenvalue weighted by Gasteiger charge is 2.32. The molecule has 3 heteroatoms. The van der Waals surface area contributed by atoms with Crippen LogP contribution in [0.1, 0.15) is 66.2 Å². The molecule has 2 rings (SSSR count). The molecular formula is C19H36O3. The maximum absolute atomic E-state index is 9.25. The second kappa shape index (κ2) is 8.12. The van der Waals surface area contributed by atoms with Gasteiger partial charge in [0.2, 0.25) is 0 Å². The van der Waals surface area contributed by atoms with Gasteiger partial charge in [-0.2, -0.15) is 0 Å². The van der Waals surface area contributed by atoms with E-state index in [-0.39, 0.29) is 11.7 Å². The van der Waals surface area contributed by atoms with Crippen molar-refractivity contribution in [1.29, 1.82) is 0 Å². The average molecular weight is 312 g/mol. The summed E-state index contributed by atoms with van der Waals surface area (Å²) in [5.41, 5.74) is 0.162. The third-order valence-corrected chi connectivity index (χ3v) is 5.77. The first-order valence-electron chi connectivity index (χ1n) is 9.25. The van der Waals surface area contributed by atoms with Gasteiger partial charge in [-0.05, 0) is 49.9 Å². The van der Waals surface area contributed by atoms with E-state index < -0.39 is 0 Å². The number of hydrogen-bond acceptors (Lipinski definition) is 3. The van der Waals surface area contributed by atoms with E-state index in [1.54, 1.807) is 0 Å². The molecule has 22 heavy (non-hydrogen) atoms. The number of hydrogen-bond donors (Lipinski definition) is 1. The van der Waals surface area contributed by atoms with Crippen molar-refractivity contribution in [3.8, 4) is 0 Å². The summed E-state index contributed by atoms with van der Waals surface area (Å²) in [6.45, 7) is 11.0. The highest BCUT2D eigenvalue weighted by molar-refractivity contribution is 4.77. The Bertz CT molecular complexity index is 311. The molecule has 1 saturated carbocycles. The van der Waals surface area contributed by atoms with Gasteiger partial charge in [-0.15, -0.1) is 0 Å². The van der Waals surface area contributed by atoms with Crippen molar-refractivity contribution >= 4 is 0 Å². The summed E-state index contributed by atoms with van der Waals surface area (Å²) < 4.78 is 11.8. The summed E-state index contributed by atoms with van der Waals surface area (Å²) in [6.07, 6.45) is 7.46. The fraction of sp³-hybridized carbons (Fsp3) is 1.00. The van der Waals surface area contributed by atoms with E-state index in [4.69, 9.17) is 9.47 Å². The normalized spacial score (nSPS) is 32.6. The maximum atomic E-state index is 9.25. The predicted octanol–water partition coefficient (Wildman–Crippen LogP) is 4.24. The zero-order valence-electron chi connectivity index (χ0n) is 15.0. The summed E-state index contributed by atoms with van der Waals surface area (Å²) >= 11 is 0. The Labute approximate surface area is 136 Å². The van der Waals surface area contributed by atoms with E-state index >= 15 is 0 Å². The van der Waals surface area contributed by atoms with Gasteiger partial charge in [0.1, 0.15) is 0 Å². The predicted molar refractivity (Wildman–Crippen MR) is 89.6 cm³/mol. The maximum Gasteiger partial charge on any atom is 0.160 e. The molecule has 2 fully saturated rings. The Morgan fingerprint density at radius 2 is 1.50 bits per heavy atom. The smallest absolute Gasteiger partial charge is 0.160 e. The Morgan fingerprint density at radius 1 is 0.955 bits per heavy atom. The van der Waals surface area contributed by atoms with Gasteiger partial charge in [-0.25, -0.2) is 0 Å². The van der Waals surface area contributed by atoms with Crippen LogP contribution in [0.3, 0.4) is 0 Å². The number of ether oxygens (including phenoxy) is 2. The molecule has 0 aromatic carbocycles. The van der Waals surface area contributed by atoms with Crippen molar-refractivity contribution in [3.63, 3.8) is 0 Å². The lowest BCUT2D eigenvalue weighted by Gasteiger charge is -2.37. The van der Waals surface area contributed by atoms with Crippen LogP contribution in [0.15, 0.2) is 0 Å². The topological polar surface area (TPSA) is 38.7 Å². The fourth-order valence-corrected chi connectivity index (χ4v) is 3.87. The molecule has 1 saturated heterocycles. The zero-order valence-corrected chi connectivity index (χ0v) is 15.0. The van der Waals surface area contributed by atoms with Crippen LogP contribution >= 0.6 is 0 Å². The van der Waals surface area contributed by atoms with Gasteiger partial charge >= 0.3 is 0 Å². The molecule has 0 bridgehead atoms. The third kappa shape index (κ3) is 5.21. The van der Waals surface area contributed by atoms with Crippen LogP contribution in [0.5, 0.6) is 0 Å². The Morgan fingerprint density at radius 3 is 2.05 bits per heavy atom. The van der Waals surface area contributed by atoms with Crippen LogP contribution in [-0.4, -0.2) is 31.2 Å². The molecule has 0 spiro atoms. The van der Waals surface area contributed by atoms with E-state index in [9.17, 15) is 5.11 Å². The van der Waals surface area contributed by atoms with E-state index in [1.165, 1.54) is 38.5 Å². The molecule has 2 aliphatic rings. The second-order valence-corrected chi connectivity index (χ2v) is 8.65. The summed E-state index contributed by atoms with van der Waals surface area (Å²) in [7, 11) is 0. The zero-order chi connectivity index (χ0) is 16.2. The molecule has 0 aromatic heterocycles. The van der Waals surface area contributed by atoms with Gasteiger partial charge in [0.15, 0.2) is 6.29 Å². The molecule has 1 aliphatic heterocycles. The summed E-state index contributed by atoms with van der Waals surface area (Å²) in [5.74, 6) is 2.67. The van der Waals surface area contributed by atoms with Crippen molar-refractivity contribution in [2.24, 2.45) is 29.1 Å². The monoisotopic (exact) mass is 312 g/mol. The molecule has 0 aromatic rings. The first-order valence-corrected chi connectivity index (χ1v) is 9.25. The van der Waals surface area contributed by atoms with Crippen molar-refractivity contribution < 1.29 is 14.6 Å². The molecule has 3 nitrogen and oxygen atoms in total. The highest BCUT2D eigenvalue weighted by atomic mass is 16.7. The lowest BCUT2D eigenvalue weighted by molar-refractivity contribution is -0.242. The van der Waals surface area contributed by atoms with E-state index in [2.05, 4.69) is 27.7 Å².